The fourth-order valence-corrected chi connectivity index (χ4v) is 3.11. The first-order chi connectivity index (χ1) is 9.00. The van der Waals surface area contributed by atoms with E-state index in [1.54, 1.807) is 6.92 Å². The average molecular weight is 385 g/mol. The Hall–Kier alpha value is -0.840. The zero-order valence-corrected chi connectivity index (χ0v) is 13.7. The van der Waals surface area contributed by atoms with Gasteiger partial charge < -0.3 is 10.4 Å². The maximum absolute atomic E-state index is 10.5. The molecule has 100 valence electrons. The molecule has 1 atom stereocenters. The van der Waals surface area contributed by atoms with Crippen LogP contribution in [0, 0.1) is 0 Å². The highest BCUT2D eigenvalue weighted by molar-refractivity contribution is 9.11. The summed E-state index contributed by atoms with van der Waals surface area (Å²) in [6.07, 6.45) is 0. The van der Waals surface area contributed by atoms with Crippen LogP contribution in [0.2, 0.25) is 0 Å². The Bertz CT molecular complexity index is 535. The van der Waals surface area contributed by atoms with Crippen molar-refractivity contribution in [1.82, 2.24) is 0 Å². The van der Waals surface area contributed by atoms with Gasteiger partial charge in [0, 0.05) is 15.5 Å². The molecule has 2 nitrogen and oxygen atoms in total. The van der Waals surface area contributed by atoms with E-state index in [2.05, 4.69) is 37.2 Å². The van der Waals surface area contributed by atoms with Gasteiger partial charge in [-0.05, 0) is 56.5 Å². The summed E-state index contributed by atoms with van der Waals surface area (Å²) in [4.78, 5) is 0. The van der Waals surface area contributed by atoms with Crippen LogP contribution in [-0.4, -0.2) is 11.7 Å². The molecular formula is C15H15Br2NO. The largest absolute Gasteiger partial charge is 0.384 e. The normalized spacial score (nSPS) is 13.9. The Labute approximate surface area is 130 Å². The quantitative estimate of drug-likeness (QED) is 0.811. The van der Waals surface area contributed by atoms with Gasteiger partial charge in [-0.25, -0.2) is 0 Å². The first-order valence-corrected chi connectivity index (χ1v) is 7.55. The number of halogens is 2. The number of benzene rings is 2. The lowest BCUT2D eigenvalue weighted by Gasteiger charge is -2.25. The highest BCUT2D eigenvalue weighted by atomic mass is 79.9. The minimum absolute atomic E-state index is 0.429. The summed E-state index contributed by atoms with van der Waals surface area (Å²) in [5.41, 5.74) is 0.917. The summed E-state index contributed by atoms with van der Waals surface area (Å²) in [5, 5.41) is 13.8. The molecule has 1 unspecified atom stereocenters. The summed E-state index contributed by atoms with van der Waals surface area (Å²) in [5.74, 6) is 0. The van der Waals surface area contributed by atoms with Gasteiger partial charge in [0.25, 0.3) is 0 Å². The molecule has 0 saturated heterocycles. The van der Waals surface area contributed by atoms with E-state index in [-0.39, 0.29) is 0 Å². The topological polar surface area (TPSA) is 32.3 Å². The third-order valence-corrected chi connectivity index (χ3v) is 4.29. The fraction of sp³-hybridized carbons (Fsp3) is 0.200. The van der Waals surface area contributed by atoms with Crippen LogP contribution in [0.1, 0.15) is 12.5 Å². The predicted molar refractivity (Wildman–Crippen MR) is 86.3 cm³/mol. The fourth-order valence-electron chi connectivity index (χ4n) is 1.83. The van der Waals surface area contributed by atoms with E-state index < -0.39 is 5.60 Å². The lowest BCUT2D eigenvalue weighted by atomic mass is 9.96. The van der Waals surface area contributed by atoms with Crippen molar-refractivity contribution < 1.29 is 5.11 Å². The molecule has 2 aromatic carbocycles. The number of nitrogens with one attached hydrogen (secondary N) is 1. The highest BCUT2D eigenvalue weighted by Crippen LogP contribution is 2.31. The number of hydrogen-bond donors (Lipinski definition) is 2. The van der Waals surface area contributed by atoms with Gasteiger partial charge in [0.2, 0.25) is 0 Å². The maximum atomic E-state index is 10.5. The van der Waals surface area contributed by atoms with Crippen molar-refractivity contribution in [3.05, 3.63) is 63.0 Å². The summed E-state index contributed by atoms with van der Waals surface area (Å²) in [6.45, 7) is 2.23. The van der Waals surface area contributed by atoms with Gasteiger partial charge in [0.15, 0.2) is 0 Å². The average Bonchev–Trinajstić information content (AvgIpc) is 2.39. The molecule has 0 aliphatic heterocycles. The second-order valence-electron chi connectivity index (χ2n) is 4.59. The van der Waals surface area contributed by atoms with Crippen LogP contribution in [-0.2, 0) is 5.60 Å². The van der Waals surface area contributed by atoms with E-state index in [0.29, 0.717) is 6.54 Å². The van der Waals surface area contributed by atoms with Crippen LogP contribution in [0.25, 0.3) is 0 Å². The molecule has 0 aliphatic rings. The molecule has 0 radical (unpaired) electrons. The molecule has 0 fully saturated rings. The van der Waals surface area contributed by atoms with E-state index in [9.17, 15) is 5.11 Å². The minimum atomic E-state index is -0.921. The SMILES string of the molecule is CC(O)(CNc1c(Br)cccc1Br)c1ccccc1. The summed E-state index contributed by atoms with van der Waals surface area (Å²) in [6, 6.07) is 15.5. The van der Waals surface area contributed by atoms with Crippen LogP contribution in [0.15, 0.2) is 57.5 Å². The molecule has 0 aromatic heterocycles. The molecule has 0 amide bonds. The van der Waals surface area contributed by atoms with Gasteiger partial charge in [0.05, 0.1) is 5.69 Å². The molecule has 2 rings (SSSR count). The van der Waals surface area contributed by atoms with Crippen molar-refractivity contribution >= 4 is 37.5 Å². The Morgan fingerprint density at radius 1 is 1.00 bits per heavy atom. The molecule has 0 heterocycles. The number of anilines is 1. The van der Waals surface area contributed by atoms with Crippen molar-refractivity contribution in [2.24, 2.45) is 0 Å². The number of hydrogen-bond acceptors (Lipinski definition) is 2. The lowest BCUT2D eigenvalue weighted by Crippen LogP contribution is -2.30. The maximum Gasteiger partial charge on any atom is 0.104 e. The van der Waals surface area contributed by atoms with Crippen LogP contribution < -0.4 is 5.32 Å². The zero-order chi connectivity index (χ0) is 13.9. The van der Waals surface area contributed by atoms with Crippen LogP contribution in [0.4, 0.5) is 5.69 Å². The molecule has 4 heteroatoms. The third-order valence-electron chi connectivity index (χ3n) is 2.97. The zero-order valence-electron chi connectivity index (χ0n) is 10.5. The first-order valence-electron chi connectivity index (χ1n) is 5.96. The summed E-state index contributed by atoms with van der Waals surface area (Å²) in [7, 11) is 0. The van der Waals surface area contributed by atoms with Crippen molar-refractivity contribution in [3.63, 3.8) is 0 Å². The van der Waals surface area contributed by atoms with E-state index in [1.807, 2.05) is 48.5 Å². The summed E-state index contributed by atoms with van der Waals surface area (Å²) >= 11 is 6.99. The number of rotatable bonds is 4. The first kappa shape index (κ1) is 14.6. The molecular weight excluding hydrogens is 370 g/mol. The van der Waals surface area contributed by atoms with Crippen LogP contribution in [0.3, 0.4) is 0 Å². The third kappa shape index (κ3) is 3.59. The molecule has 0 spiro atoms. The van der Waals surface area contributed by atoms with Gasteiger partial charge in [-0.1, -0.05) is 36.4 Å². The minimum Gasteiger partial charge on any atom is -0.384 e. The van der Waals surface area contributed by atoms with E-state index in [4.69, 9.17) is 0 Å². The van der Waals surface area contributed by atoms with Gasteiger partial charge in [0.1, 0.15) is 5.60 Å². The molecule has 2 aromatic rings. The van der Waals surface area contributed by atoms with Crippen molar-refractivity contribution in [1.29, 1.82) is 0 Å². The standard InChI is InChI=1S/C15H15Br2NO/c1-15(19,11-6-3-2-4-7-11)10-18-14-12(16)8-5-9-13(14)17/h2-9,18-19H,10H2,1H3. The van der Waals surface area contributed by atoms with Gasteiger partial charge in [-0.2, -0.15) is 0 Å². The number of aliphatic hydroxyl groups is 1. The van der Waals surface area contributed by atoms with E-state index in [0.717, 1.165) is 20.2 Å². The van der Waals surface area contributed by atoms with E-state index >= 15 is 0 Å². The molecule has 0 bridgehead atoms. The van der Waals surface area contributed by atoms with Gasteiger partial charge in [-0.3, -0.25) is 0 Å². The van der Waals surface area contributed by atoms with Crippen molar-refractivity contribution in [3.8, 4) is 0 Å². The van der Waals surface area contributed by atoms with Crippen LogP contribution >= 0.6 is 31.9 Å². The predicted octanol–water partition coefficient (Wildman–Crippen LogP) is 4.53. The number of para-hydroxylation sites is 1. The van der Waals surface area contributed by atoms with Crippen molar-refractivity contribution in [2.45, 2.75) is 12.5 Å². The Kier molecular flexibility index (Phi) is 4.66. The second kappa shape index (κ2) is 6.07. The molecule has 19 heavy (non-hydrogen) atoms. The molecule has 2 N–H and O–H groups in total. The van der Waals surface area contributed by atoms with E-state index in [1.165, 1.54) is 0 Å². The van der Waals surface area contributed by atoms with Gasteiger partial charge >= 0.3 is 0 Å². The van der Waals surface area contributed by atoms with Crippen molar-refractivity contribution in [2.75, 3.05) is 11.9 Å². The smallest absolute Gasteiger partial charge is 0.104 e. The lowest BCUT2D eigenvalue weighted by molar-refractivity contribution is 0.0715. The monoisotopic (exact) mass is 383 g/mol. The Morgan fingerprint density at radius 2 is 1.58 bits per heavy atom. The Balaban J connectivity index is 2.14. The molecule has 0 saturated carbocycles. The summed E-state index contributed by atoms with van der Waals surface area (Å²) < 4.78 is 1.93. The van der Waals surface area contributed by atoms with Crippen LogP contribution in [0.5, 0.6) is 0 Å². The van der Waals surface area contributed by atoms with Gasteiger partial charge in [-0.15, -0.1) is 0 Å². The Morgan fingerprint density at radius 3 is 2.16 bits per heavy atom. The molecule has 0 aliphatic carbocycles. The highest BCUT2D eigenvalue weighted by Gasteiger charge is 2.23. The second-order valence-corrected chi connectivity index (χ2v) is 6.30.